The molecule has 0 aromatic heterocycles. The van der Waals surface area contributed by atoms with Gasteiger partial charge in [-0.15, -0.1) is 0 Å². The van der Waals surface area contributed by atoms with E-state index < -0.39 is 22.0 Å². The Labute approximate surface area is 1220 Å². The van der Waals surface area contributed by atoms with Gasteiger partial charge in [-0.25, -0.2) is 0 Å². The van der Waals surface area contributed by atoms with Crippen LogP contribution in [-0.4, -0.2) is 1260 Å². The van der Waals surface area contributed by atoms with Crippen LogP contribution in [0.15, 0.2) is 0 Å². The molecule has 75 heteroatoms. The topological polar surface area (TPSA) is 182 Å². The monoisotopic (exact) mass is 692 g/mol. The van der Waals surface area contributed by atoms with Crippen LogP contribution in [0, 0.1) is 0 Å². The van der Waals surface area contributed by atoms with Gasteiger partial charge in [0.15, 0.2) is 0 Å². The van der Waals surface area contributed by atoms with E-state index in [-0.39, 0.29) is 1190 Å². The van der Waals surface area contributed by atoms with E-state index in [0.29, 0.717) is 0 Å². The Bertz CT molecular complexity index is 85.8. The van der Waals surface area contributed by atoms with Crippen molar-refractivity contribution >= 4 is 1210 Å². The second-order valence-corrected chi connectivity index (χ2v) is 1.04. The van der Waals surface area contributed by atoms with E-state index in [1.165, 1.54) is 0 Å². The van der Waals surface area contributed by atoms with Crippen LogP contribution < -0.4 is 0 Å². The number of rotatable bonds is 0. The fourth-order valence-corrected chi connectivity index (χ4v) is 0. The molecular weight excluding hydrogens is 614 g/mol. The Kier molecular flexibility index (Phi) is 5440. The predicted octanol–water partition coefficient (Wildman–Crippen LogP) is -47.0. The third-order valence-corrected chi connectivity index (χ3v) is 0. The quantitative estimate of drug-likeness (QED) is 0.112. The van der Waals surface area contributed by atoms with Crippen molar-refractivity contribution in [1.29, 1.82) is 0 Å². The molecule has 9 nitrogen and oxygen atoms in total. The normalized spacial score (nSPS) is 1.08. The van der Waals surface area contributed by atoms with Crippen LogP contribution in [0.1, 0.15) is 0 Å². The summed E-state index contributed by atoms with van der Waals surface area (Å²) in [4.78, 5) is 0. The Morgan fingerprint density at radius 2 is 0.0667 bits per heavy atom. The van der Waals surface area contributed by atoms with Crippen molar-refractivity contribution in [2.45, 2.75) is 0 Å². The fourth-order valence-electron chi connectivity index (χ4n) is 0. The zero-order chi connectivity index (χ0) is 10.7. The first kappa shape index (κ1) is 647. The van der Waals surface area contributed by atoms with Crippen molar-refractivity contribution in [2.24, 2.45) is 0 Å². The first-order valence-electron chi connectivity index (χ1n) is 2.32. The molecule has 198 valence electrons. The molecule has 75 heavy (non-hydrogen) atoms. The summed E-state index contributed by atoms with van der Waals surface area (Å²) in [5.74, 6) is 0. The molecule has 9 N–H and O–H groups in total. The maximum atomic E-state index is 7.17. The van der Waals surface area contributed by atoms with Crippen LogP contribution in [0.3, 0.4) is 0 Å². The molecule has 0 radical (unpaired) electrons. The first-order chi connectivity index (χ1) is 5.20. The molecule has 0 amide bonds. The molecule has 0 spiro atoms. The Morgan fingerprint density at radius 3 is 0.0667 bits per heavy atom. The van der Waals surface area contributed by atoms with Crippen molar-refractivity contribution < 1.29 is 45.2 Å². The Morgan fingerprint density at radius 1 is 0.0667 bits per heavy atom. The van der Waals surface area contributed by atoms with E-state index >= 15 is 0 Å². The van der Waals surface area contributed by atoms with Crippen LogP contribution in [0.4, 0.5) is 0 Å². The van der Waals surface area contributed by atoms with Crippen molar-refractivity contribution in [3.63, 3.8) is 0 Å². The minimum atomic E-state index is -2.17. The van der Waals surface area contributed by atoms with Crippen LogP contribution in [0.25, 0.3) is 0 Å². The molecule has 0 unspecified atom stereocenters. The van der Waals surface area contributed by atoms with Gasteiger partial charge in [-0.1, -0.05) is 0 Å². The maximum absolute atomic E-state index is 7.17. The van der Waals surface area contributed by atoms with Crippen molar-refractivity contribution in [1.82, 2.24) is 0 Å². The molecule has 0 atom stereocenters. The predicted molar refractivity (Wildman–Crippen MR) is 488 cm³/mol. The van der Waals surface area contributed by atoms with Crippen LogP contribution in [0.5, 0.6) is 0 Å². The third kappa shape index (κ3) is 951. The number of hydrogen-bond donors (Lipinski definition) is 9. The van der Waals surface area contributed by atoms with Gasteiger partial charge < -0.3 is 45.2 Å². The summed E-state index contributed by atoms with van der Waals surface area (Å²) in [5, 5.41) is 64.5. The molecule has 0 heterocycles. The molecule has 0 saturated heterocycles. The summed E-state index contributed by atoms with van der Waals surface area (Å²) < 4.78 is 0. The second-order valence-electron chi connectivity index (χ2n) is 1.04. The SMILES string of the molecule is OB(O)O.OB(O)O.OB(O)O.[LiH].[LiH].[LiH].[LiH].[LiH].[LiH].[LiH].[LiH].[LiH].[LiH].[LiH].[LiH].[LiH].[LiH].[LiH].[LiH].[LiH].[LiH].[LiH].[LiH].[LiH].[LiH].[LiH].[LiH].[LiH].[LiH].[LiH].[LiH].[LiH].[LiH].[LiH].[LiH].[LiH].[LiH].[LiH].[LiH].[LiH].[LiH].[LiH].[LiH].[LiH].[LiH].[LiH].[LiH].[LiH].[LiH].[LiH].[LiH].[LiH].[LiH].[LiH].[LiH].[LiH].[LiH].[LiH].[LiH].[LiH].[LiH].[LiH].[LiH].[LiH].[LiH].[LiH]. The van der Waals surface area contributed by atoms with E-state index in [1.807, 2.05) is 0 Å². The van der Waals surface area contributed by atoms with E-state index in [1.54, 1.807) is 0 Å². The van der Waals surface area contributed by atoms with E-state index in [2.05, 4.69) is 0 Å². The van der Waals surface area contributed by atoms with Gasteiger partial charge in [0.1, 0.15) is 0 Å². The van der Waals surface area contributed by atoms with Gasteiger partial charge in [-0.3, -0.25) is 0 Å². The molecule has 0 fully saturated rings. The van der Waals surface area contributed by atoms with Gasteiger partial charge in [0, 0.05) is 0 Å². The Hall–Kier alpha value is 37.5. The third-order valence-electron chi connectivity index (χ3n) is 0. The van der Waals surface area contributed by atoms with Crippen molar-refractivity contribution in [3.05, 3.63) is 0 Å². The van der Waals surface area contributed by atoms with Gasteiger partial charge >= 0.3 is 1210 Å². The van der Waals surface area contributed by atoms with Gasteiger partial charge in [0.05, 0.1) is 0 Å². The van der Waals surface area contributed by atoms with Gasteiger partial charge in [-0.05, 0) is 0 Å². The molecular formula is H72B3Li63O9. The molecule has 0 aliphatic rings. The second kappa shape index (κ2) is 630. The standard InChI is InChI=1S/3BH3O3.63Li.63H/c3*2-1(3)4;;;;;;;;;;;;;;;;;;;;;;;;;;;;;;;;;;;;;;;;;;;;;;;;;;;;;;;;;;;;;;;;;;;;;;;;;;;;;;;;;;;;;;;;;;;;;;;;;;;;;;;;;;;;;;;;;;;;;;;;;;;;;;/h3*2-4H;;;;;;;;;;;;;;;;;;;;;;;;;;;;;;;;;;;;;;;;;;;;;;;;;;;;;;;;;;;;;;;;;;;;;;;;;;;;;;;;;;;;;;;;;;;;;;;;;;;;;;;;;;;;;;;;;;;;;;;;;;;;;;. The molecule has 0 saturated carbocycles. The van der Waals surface area contributed by atoms with Crippen LogP contribution in [0.2, 0.25) is 0 Å². The fraction of sp³-hybridized carbons (Fsp3) is 0. The van der Waals surface area contributed by atoms with Crippen molar-refractivity contribution in [3.8, 4) is 0 Å². The number of hydrogen-bond acceptors (Lipinski definition) is 9. The molecule has 0 aromatic rings. The van der Waals surface area contributed by atoms with Crippen LogP contribution >= 0.6 is 0 Å². The summed E-state index contributed by atoms with van der Waals surface area (Å²) in [6.45, 7) is 0. The van der Waals surface area contributed by atoms with Gasteiger partial charge in [0.25, 0.3) is 0 Å². The summed E-state index contributed by atoms with van der Waals surface area (Å²) in [6.07, 6.45) is 0. The van der Waals surface area contributed by atoms with E-state index in [9.17, 15) is 0 Å². The molecule has 0 rings (SSSR count). The summed E-state index contributed by atoms with van der Waals surface area (Å²) in [5.41, 5.74) is 0. The van der Waals surface area contributed by atoms with E-state index in [4.69, 9.17) is 45.2 Å². The van der Waals surface area contributed by atoms with Gasteiger partial charge in [0.2, 0.25) is 0 Å². The van der Waals surface area contributed by atoms with Gasteiger partial charge in [-0.2, -0.15) is 0 Å². The van der Waals surface area contributed by atoms with Crippen molar-refractivity contribution in [2.75, 3.05) is 0 Å². The zero-order valence-corrected chi connectivity index (χ0v) is 5.76. The average molecular weight is 686 g/mol. The summed E-state index contributed by atoms with van der Waals surface area (Å²) in [7, 11) is -6.50. The molecule has 0 aliphatic carbocycles. The first-order valence-corrected chi connectivity index (χ1v) is 2.32. The molecule has 0 aromatic carbocycles. The molecule has 0 bridgehead atoms. The summed E-state index contributed by atoms with van der Waals surface area (Å²) >= 11 is 0. The molecule has 0 aliphatic heterocycles. The summed E-state index contributed by atoms with van der Waals surface area (Å²) in [6, 6.07) is 0. The minimum absolute atomic E-state index is 0. The average Bonchev–Trinajstić information content (AvgIpc) is 1.54. The van der Waals surface area contributed by atoms with E-state index in [0.717, 1.165) is 0 Å². The zero-order valence-electron chi connectivity index (χ0n) is 5.76. The Balaban J connectivity index is -0.000000000178. The van der Waals surface area contributed by atoms with Crippen LogP contribution in [-0.2, 0) is 0 Å².